The van der Waals surface area contributed by atoms with E-state index in [1.165, 1.54) is 16.7 Å². The Morgan fingerprint density at radius 1 is 1.21 bits per heavy atom. The third kappa shape index (κ3) is 9.47. The SMILES string of the molecule is C=CCSC1OC(C(CC(C)C=C)NC(=O)C2C(OCCCC)CCN2C(=O)OC(C)(C)C)C(O)C(O)C1O. The molecule has 2 rings (SSSR count). The second kappa shape index (κ2) is 15.4. The fourth-order valence-electron chi connectivity index (χ4n) is 4.70. The summed E-state index contributed by atoms with van der Waals surface area (Å²) in [6.45, 7) is 17.5. The molecule has 2 fully saturated rings. The van der Waals surface area contributed by atoms with Crippen LogP contribution in [0.25, 0.3) is 0 Å². The van der Waals surface area contributed by atoms with Gasteiger partial charge in [-0.25, -0.2) is 4.79 Å². The van der Waals surface area contributed by atoms with Gasteiger partial charge in [-0.1, -0.05) is 32.4 Å². The van der Waals surface area contributed by atoms with Gasteiger partial charge in [-0.15, -0.1) is 24.9 Å². The number of allylic oxidation sites excluding steroid dienone is 1. The lowest BCUT2D eigenvalue weighted by molar-refractivity contribution is -0.206. The van der Waals surface area contributed by atoms with Crippen molar-refractivity contribution < 1.29 is 39.1 Å². The topological polar surface area (TPSA) is 138 Å². The first-order valence-corrected chi connectivity index (χ1v) is 14.9. The molecular formula is C28H48N2O8S. The maximum absolute atomic E-state index is 13.9. The highest BCUT2D eigenvalue weighted by atomic mass is 32.2. The number of thioether (sulfide) groups is 1. The number of nitrogens with zero attached hydrogens (tertiary/aromatic N) is 1. The fraction of sp³-hybridized carbons (Fsp3) is 0.786. The van der Waals surface area contributed by atoms with Gasteiger partial charge in [-0.05, 0) is 46.0 Å². The molecule has 11 heteroatoms. The summed E-state index contributed by atoms with van der Waals surface area (Å²) >= 11 is 1.24. The number of aliphatic hydroxyl groups is 3. The number of ether oxygens (including phenoxy) is 3. The van der Waals surface area contributed by atoms with Crippen molar-refractivity contribution in [3.8, 4) is 0 Å². The first kappa shape index (κ1) is 33.6. The maximum Gasteiger partial charge on any atom is 0.411 e. The van der Waals surface area contributed by atoms with E-state index < -0.39 is 65.6 Å². The average Bonchev–Trinajstić information content (AvgIpc) is 3.30. The van der Waals surface area contributed by atoms with Crippen LogP contribution in [0.5, 0.6) is 0 Å². The Hall–Kier alpha value is -1.63. The predicted octanol–water partition coefficient (Wildman–Crippen LogP) is 2.60. The van der Waals surface area contributed by atoms with Gasteiger partial charge in [-0.3, -0.25) is 9.69 Å². The molecule has 0 aliphatic carbocycles. The number of carbonyl (C=O) groups excluding carboxylic acids is 2. The van der Waals surface area contributed by atoms with Gasteiger partial charge in [0.15, 0.2) is 0 Å². The van der Waals surface area contributed by atoms with E-state index in [1.54, 1.807) is 32.9 Å². The summed E-state index contributed by atoms with van der Waals surface area (Å²) in [5.74, 6) is -0.0783. The van der Waals surface area contributed by atoms with Crippen LogP contribution in [0.4, 0.5) is 4.79 Å². The largest absolute Gasteiger partial charge is 0.444 e. The first-order chi connectivity index (χ1) is 18.3. The van der Waals surface area contributed by atoms with Crippen LogP contribution in [0.15, 0.2) is 25.3 Å². The molecule has 224 valence electrons. The van der Waals surface area contributed by atoms with Crippen molar-refractivity contribution in [3.05, 3.63) is 25.3 Å². The average molecular weight is 573 g/mol. The summed E-state index contributed by atoms with van der Waals surface area (Å²) in [4.78, 5) is 28.3. The lowest BCUT2D eigenvalue weighted by atomic mass is 9.89. The lowest BCUT2D eigenvalue weighted by Gasteiger charge is -2.44. The van der Waals surface area contributed by atoms with Gasteiger partial charge in [0.2, 0.25) is 5.91 Å². The molecule has 9 unspecified atom stereocenters. The number of likely N-dealkylation sites (tertiary alicyclic amines) is 1. The number of nitrogens with one attached hydrogen (secondary N) is 1. The molecule has 0 spiro atoms. The molecule has 2 aliphatic rings. The zero-order chi connectivity index (χ0) is 29.3. The molecule has 2 aliphatic heterocycles. The van der Waals surface area contributed by atoms with Crippen molar-refractivity contribution in [1.29, 1.82) is 0 Å². The summed E-state index contributed by atoms with van der Waals surface area (Å²) in [7, 11) is 0. The number of unbranched alkanes of at least 4 members (excludes halogenated alkanes) is 1. The van der Waals surface area contributed by atoms with Gasteiger partial charge in [0, 0.05) is 18.9 Å². The van der Waals surface area contributed by atoms with Crippen molar-refractivity contribution in [2.45, 2.75) is 114 Å². The minimum atomic E-state index is -1.47. The Morgan fingerprint density at radius 2 is 1.90 bits per heavy atom. The van der Waals surface area contributed by atoms with Gasteiger partial charge in [0.1, 0.15) is 41.5 Å². The highest BCUT2D eigenvalue weighted by molar-refractivity contribution is 7.99. The minimum absolute atomic E-state index is 0.0727. The number of amides is 2. The van der Waals surface area contributed by atoms with Crippen LogP contribution in [-0.4, -0.2) is 105 Å². The molecule has 39 heavy (non-hydrogen) atoms. The van der Waals surface area contributed by atoms with E-state index in [0.29, 0.717) is 31.7 Å². The molecule has 9 atom stereocenters. The predicted molar refractivity (Wildman–Crippen MR) is 151 cm³/mol. The Morgan fingerprint density at radius 3 is 2.49 bits per heavy atom. The summed E-state index contributed by atoms with van der Waals surface area (Å²) in [5, 5.41) is 35.0. The molecule has 0 aromatic heterocycles. The molecule has 4 N–H and O–H groups in total. The van der Waals surface area contributed by atoms with E-state index >= 15 is 0 Å². The van der Waals surface area contributed by atoms with Crippen LogP contribution in [0.1, 0.15) is 60.3 Å². The summed E-state index contributed by atoms with van der Waals surface area (Å²) in [6.07, 6.45) is -0.447. The first-order valence-electron chi connectivity index (χ1n) is 13.8. The van der Waals surface area contributed by atoms with Gasteiger partial charge in [0.05, 0.1) is 12.1 Å². The van der Waals surface area contributed by atoms with Crippen LogP contribution >= 0.6 is 11.8 Å². The van der Waals surface area contributed by atoms with Crippen molar-refractivity contribution in [2.24, 2.45) is 5.92 Å². The summed E-state index contributed by atoms with van der Waals surface area (Å²) in [6, 6.07) is -1.70. The highest BCUT2D eigenvalue weighted by Crippen LogP contribution is 2.32. The lowest BCUT2D eigenvalue weighted by Crippen LogP contribution is -2.64. The second-order valence-electron chi connectivity index (χ2n) is 11.3. The zero-order valence-electron chi connectivity index (χ0n) is 24.0. The standard InChI is InChI=1S/C28H48N2O8S/c1-8-11-14-36-19-12-13-30(27(35)38-28(5,6)7)20(19)25(34)29-18(16-17(4)10-3)24-22(32)21(31)23(33)26(37-24)39-15-9-2/h9-10,17-24,26,31-33H,2-3,8,11-16H2,1,4-7H3,(H,29,34). The fourth-order valence-corrected chi connectivity index (χ4v) is 5.59. The Kier molecular flexibility index (Phi) is 13.3. The molecular weight excluding hydrogens is 524 g/mol. The van der Waals surface area contributed by atoms with E-state index in [1.807, 2.05) is 13.8 Å². The van der Waals surface area contributed by atoms with E-state index in [-0.39, 0.29) is 5.92 Å². The van der Waals surface area contributed by atoms with Gasteiger partial charge in [-0.2, -0.15) is 0 Å². The van der Waals surface area contributed by atoms with Crippen molar-refractivity contribution >= 4 is 23.8 Å². The number of carbonyl (C=O) groups is 2. The molecule has 0 saturated carbocycles. The quantitative estimate of drug-likeness (QED) is 0.194. The van der Waals surface area contributed by atoms with Crippen LogP contribution < -0.4 is 5.32 Å². The van der Waals surface area contributed by atoms with Crippen LogP contribution in [-0.2, 0) is 19.0 Å². The van der Waals surface area contributed by atoms with E-state index in [0.717, 1.165) is 12.8 Å². The number of hydrogen-bond acceptors (Lipinski definition) is 9. The second-order valence-corrected chi connectivity index (χ2v) is 12.4. The zero-order valence-corrected chi connectivity index (χ0v) is 24.8. The maximum atomic E-state index is 13.9. The van der Waals surface area contributed by atoms with E-state index in [9.17, 15) is 24.9 Å². The highest BCUT2D eigenvalue weighted by Gasteiger charge is 2.49. The molecule has 0 aromatic carbocycles. The molecule has 2 amide bonds. The number of rotatable bonds is 13. The van der Waals surface area contributed by atoms with Crippen LogP contribution in [0.2, 0.25) is 0 Å². The molecule has 2 saturated heterocycles. The van der Waals surface area contributed by atoms with Crippen molar-refractivity contribution in [1.82, 2.24) is 10.2 Å². The molecule has 0 aromatic rings. The molecule has 0 radical (unpaired) electrons. The monoisotopic (exact) mass is 572 g/mol. The Bertz CT molecular complexity index is 822. The smallest absolute Gasteiger partial charge is 0.411 e. The van der Waals surface area contributed by atoms with Gasteiger partial charge < -0.3 is 34.8 Å². The Balaban J connectivity index is 2.34. The number of aliphatic hydroxyl groups excluding tert-OH is 3. The number of hydrogen-bond donors (Lipinski definition) is 4. The minimum Gasteiger partial charge on any atom is -0.444 e. The third-order valence-corrected chi connectivity index (χ3v) is 7.95. The Labute approximate surface area is 237 Å². The molecule has 0 bridgehead atoms. The van der Waals surface area contributed by atoms with Crippen molar-refractivity contribution in [3.63, 3.8) is 0 Å². The van der Waals surface area contributed by atoms with Crippen molar-refractivity contribution in [2.75, 3.05) is 18.9 Å². The summed E-state index contributed by atoms with van der Waals surface area (Å²) < 4.78 is 17.7. The normalized spacial score (nSPS) is 30.9. The van der Waals surface area contributed by atoms with E-state index in [4.69, 9.17) is 14.2 Å². The van der Waals surface area contributed by atoms with Gasteiger partial charge >= 0.3 is 6.09 Å². The van der Waals surface area contributed by atoms with Crippen LogP contribution in [0, 0.1) is 5.92 Å². The van der Waals surface area contributed by atoms with Gasteiger partial charge in [0.25, 0.3) is 0 Å². The third-order valence-electron chi connectivity index (χ3n) is 6.81. The van der Waals surface area contributed by atoms with Crippen LogP contribution in [0.3, 0.4) is 0 Å². The van der Waals surface area contributed by atoms with E-state index in [2.05, 4.69) is 18.5 Å². The summed E-state index contributed by atoms with van der Waals surface area (Å²) in [5.41, 5.74) is -1.57. The molecule has 10 nitrogen and oxygen atoms in total. The molecule has 2 heterocycles.